The highest BCUT2D eigenvalue weighted by Crippen LogP contribution is 2.21. The molecule has 1 saturated carbocycles. The van der Waals surface area contributed by atoms with E-state index in [4.69, 9.17) is 0 Å². The van der Waals surface area contributed by atoms with E-state index < -0.39 is 0 Å². The highest BCUT2D eigenvalue weighted by Gasteiger charge is 2.21. The van der Waals surface area contributed by atoms with Crippen molar-refractivity contribution in [2.75, 3.05) is 0 Å². The van der Waals surface area contributed by atoms with Crippen LogP contribution < -0.4 is 5.32 Å². The van der Waals surface area contributed by atoms with Gasteiger partial charge in [-0.05, 0) is 35.7 Å². The maximum absolute atomic E-state index is 12.2. The fraction of sp³-hybridized carbons (Fsp3) is 0.692. The quantitative estimate of drug-likeness (QED) is 0.853. The Kier molecular flexibility index (Phi) is 4.43. The van der Waals surface area contributed by atoms with E-state index in [1.54, 1.807) is 4.68 Å². The molecule has 0 aliphatic heterocycles. The van der Waals surface area contributed by atoms with E-state index in [2.05, 4.69) is 26.3 Å². The minimum atomic E-state index is -0.0579. The van der Waals surface area contributed by atoms with Crippen LogP contribution in [0, 0.1) is 6.92 Å². The number of amides is 1. The molecule has 0 atom stereocenters. The lowest BCUT2D eigenvalue weighted by atomic mass is 10.1. The maximum atomic E-state index is 12.2. The largest absolute Gasteiger partial charge is 0.348 e. The number of carbonyl (C=O) groups excluding carboxylic acids is 1. The molecule has 1 amide bonds. The Morgan fingerprint density at radius 2 is 1.94 bits per heavy atom. The Hall–Kier alpha value is -0.840. The predicted molar refractivity (Wildman–Crippen MR) is 74.6 cm³/mol. The summed E-state index contributed by atoms with van der Waals surface area (Å²) in [6, 6.07) is 0.314. The highest BCUT2D eigenvalue weighted by molar-refractivity contribution is 9.10. The van der Waals surface area contributed by atoms with E-state index in [0.29, 0.717) is 11.7 Å². The van der Waals surface area contributed by atoms with Crippen LogP contribution >= 0.6 is 15.9 Å². The van der Waals surface area contributed by atoms with E-state index in [9.17, 15) is 4.79 Å². The Labute approximate surface area is 116 Å². The zero-order valence-corrected chi connectivity index (χ0v) is 12.6. The van der Waals surface area contributed by atoms with E-state index in [1.165, 1.54) is 25.7 Å². The van der Waals surface area contributed by atoms with Gasteiger partial charge in [0, 0.05) is 13.1 Å². The molecule has 1 heterocycles. The summed E-state index contributed by atoms with van der Waals surface area (Å²) in [4.78, 5) is 12.2. The maximum Gasteiger partial charge on any atom is 0.273 e. The van der Waals surface area contributed by atoms with Crippen LogP contribution in [0.25, 0.3) is 0 Å². The van der Waals surface area contributed by atoms with E-state index in [-0.39, 0.29) is 5.91 Å². The first kappa shape index (κ1) is 13.6. The minimum absolute atomic E-state index is 0.0579. The van der Waals surface area contributed by atoms with Crippen molar-refractivity contribution in [1.29, 1.82) is 0 Å². The Morgan fingerprint density at radius 3 is 2.44 bits per heavy atom. The van der Waals surface area contributed by atoms with Crippen molar-refractivity contribution in [2.45, 2.75) is 51.5 Å². The Bertz CT molecular complexity index is 434. The second-order valence-corrected chi connectivity index (χ2v) is 5.83. The van der Waals surface area contributed by atoms with Crippen LogP contribution in [0.2, 0.25) is 0 Å². The third kappa shape index (κ3) is 2.94. The van der Waals surface area contributed by atoms with Gasteiger partial charge in [-0.2, -0.15) is 5.10 Å². The minimum Gasteiger partial charge on any atom is -0.348 e. The normalized spacial score (nSPS) is 17.5. The van der Waals surface area contributed by atoms with Crippen molar-refractivity contribution in [3.8, 4) is 0 Å². The summed E-state index contributed by atoms with van der Waals surface area (Å²) in [5.41, 5.74) is 1.47. The SMILES string of the molecule is Cc1c(Br)c(C(=O)NC2CCCCCC2)nn1C. The Morgan fingerprint density at radius 1 is 1.33 bits per heavy atom. The van der Waals surface area contributed by atoms with Crippen molar-refractivity contribution < 1.29 is 4.79 Å². The first-order valence-electron chi connectivity index (χ1n) is 6.59. The number of hydrogen-bond acceptors (Lipinski definition) is 2. The number of rotatable bonds is 2. The lowest BCUT2D eigenvalue weighted by Crippen LogP contribution is -2.34. The summed E-state index contributed by atoms with van der Waals surface area (Å²) in [5.74, 6) is -0.0579. The van der Waals surface area contributed by atoms with Crippen LogP contribution in [0.1, 0.15) is 54.7 Å². The zero-order chi connectivity index (χ0) is 13.1. The molecule has 0 spiro atoms. The van der Waals surface area contributed by atoms with Crippen LogP contribution in [0.5, 0.6) is 0 Å². The summed E-state index contributed by atoms with van der Waals surface area (Å²) in [5, 5.41) is 7.37. The average molecular weight is 314 g/mol. The van der Waals surface area contributed by atoms with Crippen LogP contribution in [0.3, 0.4) is 0 Å². The van der Waals surface area contributed by atoms with Crippen LogP contribution in [0.4, 0.5) is 0 Å². The van der Waals surface area contributed by atoms with Crippen molar-refractivity contribution in [2.24, 2.45) is 7.05 Å². The molecule has 0 bridgehead atoms. The molecule has 2 rings (SSSR count). The lowest BCUT2D eigenvalue weighted by molar-refractivity contribution is 0.0927. The van der Waals surface area contributed by atoms with Gasteiger partial charge in [0.1, 0.15) is 0 Å². The van der Waals surface area contributed by atoms with Gasteiger partial charge in [0.05, 0.1) is 10.2 Å². The van der Waals surface area contributed by atoms with Gasteiger partial charge < -0.3 is 5.32 Å². The molecular formula is C13H20BrN3O. The van der Waals surface area contributed by atoms with Crippen molar-refractivity contribution in [3.05, 3.63) is 15.9 Å². The number of nitrogens with zero attached hydrogens (tertiary/aromatic N) is 2. The van der Waals surface area contributed by atoms with Gasteiger partial charge in [-0.15, -0.1) is 0 Å². The Balaban J connectivity index is 2.04. The number of halogens is 1. The van der Waals surface area contributed by atoms with Gasteiger partial charge in [0.25, 0.3) is 5.91 Å². The molecule has 0 aromatic carbocycles. The fourth-order valence-electron chi connectivity index (χ4n) is 2.40. The predicted octanol–water partition coefficient (Wildman–Crippen LogP) is 2.94. The third-order valence-electron chi connectivity index (χ3n) is 3.67. The van der Waals surface area contributed by atoms with Gasteiger partial charge in [0.15, 0.2) is 5.69 Å². The summed E-state index contributed by atoms with van der Waals surface area (Å²) in [6.07, 6.45) is 7.20. The first-order valence-corrected chi connectivity index (χ1v) is 7.39. The molecule has 0 unspecified atom stereocenters. The molecule has 0 radical (unpaired) electrons. The number of nitrogens with one attached hydrogen (secondary N) is 1. The molecule has 1 aromatic rings. The van der Waals surface area contributed by atoms with E-state index in [1.807, 2.05) is 14.0 Å². The molecule has 1 aromatic heterocycles. The molecule has 1 aliphatic rings. The van der Waals surface area contributed by atoms with Crippen LogP contribution in [0.15, 0.2) is 4.47 Å². The summed E-state index contributed by atoms with van der Waals surface area (Å²) in [6.45, 7) is 1.94. The molecule has 0 saturated heterocycles. The molecular weight excluding hydrogens is 294 g/mol. The van der Waals surface area contributed by atoms with Crippen molar-refractivity contribution in [1.82, 2.24) is 15.1 Å². The number of carbonyl (C=O) groups is 1. The number of hydrogen-bond donors (Lipinski definition) is 1. The average Bonchev–Trinajstić information content (AvgIpc) is 2.57. The standard InChI is InChI=1S/C13H20BrN3O/c1-9-11(14)12(16-17(9)2)13(18)15-10-7-5-3-4-6-8-10/h10H,3-8H2,1-2H3,(H,15,18). The third-order valence-corrected chi connectivity index (χ3v) is 4.62. The summed E-state index contributed by atoms with van der Waals surface area (Å²) in [7, 11) is 1.85. The molecule has 1 aliphatic carbocycles. The number of aryl methyl sites for hydroxylation is 1. The smallest absolute Gasteiger partial charge is 0.273 e. The van der Waals surface area contributed by atoms with E-state index in [0.717, 1.165) is 23.0 Å². The lowest BCUT2D eigenvalue weighted by Gasteiger charge is -2.15. The summed E-state index contributed by atoms with van der Waals surface area (Å²) >= 11 is 3.44. The van der Waals surface area contributed by atoms with Gasteiger partial charge >= 0.3 is 0 Å². The zero-order valence-electron chi connectivity index (χ0n) is 11.0. The molecule has 1 fully saturated rings. The molecule has 18 heavy (non-hydrogen) atoms. The van der Waals surface area contributed by atoms with Crippen molar-refractivity contribution in [3.63, 3.8) is 0 Å². The molecule has 100 valence electrons. The fourth-order valence-corrected chi connectivity index (χ4v) is 2.92. The second kappa shape index (κ2) is 5.87. The van der Waals surface area contributed by atoms with Gasteiger partial charge in [-0.1, -0.05) is 25.7 Å². The molecule has 4 nitrogen and oxygen atoms in total. The monoisotopic (exact) mass is 313 g/mol. The van der Waals surface area contributed by atoms with Crippen LogP contribution in [-0.4, -0.2) is 21.7 Å². The summed E-state index contributed by atoms with van der Waals surface area (Å²) < 4.78 is 2.53. The van der Waals surface area contributed by atoms with Gasteiger partial charge in [0.2, 0.25) is 0 Å². The van der Waals surface area contributed by atoms with Gasteiger partial charge in [-0.3, -0.25) is 9.48 Å². The molecule has 5 heteroatoms. The molecule has 1 N–H and O–H groups in total. The highest BCUT2D eigenvalue weighted by atomic mass is 79.9. The number of aromatic nitrogens is 2. The van der Waals surface area contributed by atoms with E-state index >= 15 is 0 Å². The van der Waals surface area contributed by atoms with Gasteiger partial charge in [-0.25, -0.2) is 0 Å². The van der Waals surface area contributed by atoms with Crippen LogP contribution in [-0.2, 0) is 7.05 Å². The second-order valence-electron chi connectivity index (χ2n) is 5.03. The first-order chi connectivity index (χ1) is 8.59. The van der Waals surface area contributed by atoms with Crippen molar-refractivity contribution >= 4 is 21.8 Å². The topological polar surface area (TPSA) is 46.9 Å².